The molecule has 0 bridgehead atoms. The Labute approximate surface area is 79.3 Å². The molecule has 0 rings (SSSR count). The molecule has 0 fully saturated rings. The lowest BCUT2D eigenvalue weighted by Gasteiger charge is -2.05. The molecule has 4 heteroatoms. The summed E-state index contributed by atoms with van der Waals surface area (Å²) in [5, 5.41) is 14.2. The Morgan fingerprint density at radius 2 is 2.31 bits per heavy atom. The first-order valence-electron chi connectivity index (χ1n) is 4.57. The number of nitriles is 1. The van der Waals surface area contributed by atoms with E-state index < -0.39 is 0 Å². The second kappa shape index (κ2) is 7.56. The molecule has 0 aromatic carbocycles. The monoisotopic (exact) mass is 183 g/mol. The van der Waals surface area contributed by atoms with Gasteiger partial charge in [0.1, 0.15) is 0 Å². The largest absolute Gasteiger partial charge is 0.355 e. The fourth-order valence-electron chi connectivity index (χ4n) is 0.780. The fourth-order valence-corrected chi connectivity index (χ4v) is 0.780. The van der Waals surface area contributed by atoms with Crippen LogP contribution < -0.4 is 10.6 Å². The van der Waals surface area contributed by atoms with Gasteiger partial charge in [-0.1, -0.05) is 6.92 Å². The molecule has 0 aliphatic rings. The van der Waals surface area contributed by atoms with Crippen LogP contribution in [-0.4, -0.2) is 25.5 Å². The third-order valence-electron chi connectivity index (χ3n) is 1.60. The molecule has 0 saturated heterocycles. The van der Waals surface area contributed by atoms with Gasteiger partial charge < -0.3 is 10.6 Å². The molecule has 0 aliphatic carbocycles. The van der Waals surface area contributed by atoms with E-state index in [4.69, 9.17) is 5.26 Å². The van der Waals surface area contributed by atoms with E-state index in [1.807, 2.05) is 6.92 Å². The first kappa shape index (κ1) is 11.9. The Kier molecular flexibility index (Phi) is 6.93. The van der Waals surface area contributed by atoms with Gasteiger partial charge in [-0.2, -0.15) is 5.26 Å². The average Bonchev–Trinajstić information content (AvgIpc) is 2.14. The minimum Gasteiger partial charge on any atom is -0.355 e. The van der Waals surface area contributed by atoms with Gasteiger partial charge in [-0.15, -0.1) is 0 Å². The van der Waals surface area contributed by atoms with Crippen molar-refractivity contribution in [2.75, 3.05) is 19.6 Å². The Morgan fingerprint density at radius 1 is 1.62 bits per heavy atom. The maximum absolute atomic E-state index is 11.1. The lowest BCUT2D eigenvalue weighted by molar-refractivity contribution is -0.121. The zero-order chi connectivity index (χ0) is 10.1. The van der Waals surface area contributed by atoms with E-state index >= 15 is 0 Å². The Balaban J connectivity index is 3.36. The summed E-state index contributed by atoms with van der Waals surface area (Å²) < 4.78 is 0. The first-order chi connectivity index (χ1) is 6.20. The Hall–Kier alpha value is -1.08. The minimum absolute atomic E-state index is 0.00282. The van der Waals surface area contributed by atoms with E-state index in [1.165, 1.54) is 0 Å². The SMILES string of the molecule is CCNCCC(=O)NCC(C)C#N. The summed E-state index contributed by atoms with van der Waals surface area (Å²) in [5.41, 5.74) is 0. The number of nitrogens with zero attached hydrogens (tertiary/aromatic N) is 1. The van der Waals surface area contributed by atoms with Crippen molar-refractivity contribution < 1.29 is 4.79 Å². The minimum atomic E-state index is -0.108. The summed E-state index contributed by atoms with van der Waals surface area (Å²) in [5.74, 6) is -0.105. The average molecular weight is 183 g/mol. The smallest absolute Gasteiger partial charge is 0.221 e. The molecule has 1 amide bonds. The topological polar surface area (TPSA) is 64.9 Å². The van der Waals surface area contributed by atoms with Crippen molar-refractivity contribution in [3.05, 3.63) is 0 Å². The summed E-state index contributed by atoms with van der Waals surface area (Å²) >= 11 is 0. The van der Waals surface area contributed by atoms with Gasteiger partial charge in [0.2, 0.25) is 5.91 Å². The Bertz CT molecular complexity index is 186. The normalized spacial score (nSPS) is 11.8. The van der Waals surface area contributed by atoms with Gasteiger partial charge in [0.05, 0.1) is 12.0 Å². The molecule has 0 heterocycles. The van der Waals surface area contributed by atoms with Crippen LogP contribution in [0, 0.1) is 17.2 Å². The van der Waals surface area contributed by atoms with Crippen LogP contribution in [0.5, 0.6) is 0 Å². The van der Waals surface area contributed by atoms with Gasteiger partial charge in [-0.25, -0.2) is 0 Å². The number of nitrogens with one attached hydrogen (secondary N) is 2. The van der Waals surface area contributed by atoms with Crippen LogP contribution in [0.2, 0.25) is 0 Å². The van der Waals surface area contributed by atoms with Crippen molar-refractivity contribution in [2.45, 2.75) is 20.3 Å². The van der Waals surface area contributed by atoms with Crippen molar-refractivity contribution in [1.29, 1.82) is 5.26 Å². The molecule has 1 atom stereocenters. The van der Waals surface area contributed by atoms with E-state index in [2.05, 4.69) is 16.7 Å². The first-order valence-corrected chi connectivity index (χ1v) is 4.57. The van der Waals surface area contributed by atoms with Gasteiger partial charge in [0.25, 0.3) is 0 Å². The van der Waals surface area contributed by atoms with Crippen LogP contribution in [0.1, 0.15) is 20.3 Å². The van der Waals surface area contributed by atoms with Crippen molar-refractivity contribution in [1.82, 2.24) is 10.6 Å². The lowest BCUT2D eigenvalue weighted by Crippen LogP contribution is -2.30. The predicted octanol–water partition coefficient (Wildman–Crippen LogP) is 0.262. The number of rotatable bonds is 6. The molecular weight excluding hydrogens is 166 g/mol. The van der Waals surface area contributed by atoms with Gasteiger partial charge in [0, 0.05) is 19.5 Å². The van der Waals surface area contributed by atoms with Crippen molar-refractivity contribution >= 4 is 5.91 Å². The summed E-state index contributed by atoms with van der Waals surface area (Å²) in [7, 11) is 0. The predicted molar refractivity (Wildman–Crippen MR) is 50.9 cm³/mol. The fraction of sp³-hybridized carbons (Fsp3) is 0.778. The quantitative estimate of drug-likeness (QED) is 0.581. The van der Waals surface area contributed by atoms with E-state index in [0.29, 0.717) is 19.5 Å². The highest BCUT2D eigenvalue weighted by Gasteiger charge is 2.03. The standard InChI is InChI=1S/C9H17N3O/c1-3-11-5-4-9(13)12-7-8(2)6-10/h8,11H,3-5,7H2,1-2H3,(H,12,13). The molecule has 2 N–H and O–H groups in total. The van der Waals surface area contributed by atoms with Crippen molar-refractivity contribution in [3.63, 3.8) is 0 Å². The van der Waals surface area contributed by atoms with E-state index in [0.717, 1.165) is 6.54 Å². The third kappa shape index (κ3) is 7.29. The number of hydrogen-bond acceptors (Lipinski definition) is 3. The third-order valence-corrected chi connectivity index (χ3v) is 1.60. The number of carbonyl (C=O) groups is 1. The highest BCUT2D eigenvalue weighted by molar-refractivity contribution is 5.76. The van der Waals surface area contributed by atoms with Crippen LogP contribution >= 0.6 is 0 Å². The van der Waals surface area contributed by atoms with Crippen LogP contribution in [0.4, 0.5) is 0 Å². The maximum Gasteiger partial charge on any atom is 0.221 e. The van der Waals surface area contributed by atoms with E-state index in [9.17, 15) is 4.79 Å². The number of amides is 1. The molecule has 74 valence electrons. The number of carbonyl (C=O) groups excluding carboxylic acids is 1. The van der Waals surface area contributed by atoms with Gasteiger partial charge >= 0.3 is 0 Å². The van der Waals surface area contributed by atoms with Gasteiger partial charge in [-0.3, -0.25) is 4.79 Å². The molecule has 0 saturated carbocycles. The lowest BCUT2D eigenvalue weighted by atomic mass is 10.2. The molecule has 1 unspecified atom stereocenters. The zero-order valence-electron chi connectivity index (χ0n) is 8.26. The highest BCUT2D eigenvalue weighted by atomic mass is 16.1. The molecule has 0 radical (unpaired) electrons. The summed E-state index contributed by atoms with van der Waals surface area (Å²) in [4.78, 5) is 11.1. The van der Waals surface area contributed by atoms with Crippen molar-refractivity contribution in [2.24, 2.45) is 5.92 Å². The zero-order valence-corrected chi connectivity index (χ0v) is 8.26. The molecule has 0 aliphatic heterocycles. The molecule has 0 aromatic rings. The van der Waals surface area contributed by atoms with Gasteiger partial charge in [-0.05, 0) is 13.5 Å². The van der Waals surface area contributed by atoms with Crippen LogP contribution in [-0.2, 0) is 4.79 Å². The summed E-state index contributed by atoms with van der Waals surface area (Å²) in [6, 6.07) is 2.06. The van der Waals surface area contributed by atoms with Crippen LogP contribution in [0.15, 0.2) is 0 Å². The molecule has 0 aromatic heterocycles. The summed E-state index contributed by atoms with van der Waals surface area (Å²) in [6.45, 7) is 5.80. The highest BCUT2D eigenvalue weighted by Crippen LogP contribution is 1.88. The Morgan fingerprint density at radius 3 is 2.85 bits per heavy atom. The van der Waals surface area contributed by atoms with E-state index in [-0.39, 0.29) is 11.8 Å². The molecular formula is C9H17N3O. The second-order valence-electron chi connectivity index (χ2n) is 2.94. The number of hydrogen-bond donors (Lipinski definition) is 2. The van der Waals surface area contributed by atoms with Crippen LogP contribution in [0.3, 0.4) is 0 Å². The van der Waals surface area contributed by atoms with Crippen molar-refractivity contribution in [3.8, 4) is 6.07 Å². The van der Waals surface area contributed by atoms with Crippen LogP contribution in [0.25, 0.3) is 0 Å². The molecule has 13 heavy (non-hydrogen) atoms. The summed E-state index contributed by atoms with van der Waals surface area (Å²) in [6.07, 6.45) is 0.478. The van der Waals surface area contributed by atoms with E-state index in [1.54, 1.807) is 6.92 Å². The molecule has 4 nitrogen and oxygen atoms in total. The maximum atomic E-state index is 11.1. The molecule has 0 spiro atoms. The van der Waals surface area contributed by atoms with Gasteiger partial charge in [0.15, 0.2) is 0 Å². The second-order valence-corrected chi connectivity index (χ2v) is 2.94.